The second kappa shape index (κ2) is 4.35. The molecular weight excluding hydrogens is 202 g/mol. The van der Waals surface area contributed by atoms with Gasteiger partial charge in [0.1, 0.15) is 0 Å². The van der Waals surface area contributed by atoms with E-state index in [1.54, 1.807) is 0 Å². The maximum Gasteiger partial charge on any atom is 0.226 e. The van der Waals surface area contributed by atoms with Crippen molar-refractivity contribution in [2.75, 3.05) is 5.73 Å². The third-order valence-electron chi connectivity index (χ3n) is 2.55. The maximum atomic E-state index is 5.84. The van der Waals surface area contributed by atoms with Gasteiger partial charge < -0.3 is 10.3 Å². The Kier molecular flexibility index (Phi) is 2.90. The molecule has 2 aromatic rings. The molecule has 2 rings (SSSR count). The summed E-state index contributed by atoms with van der Waals surface area (Å²) in [7, 11) is 0. The van der Waals surface area contributed by atoms with Gasteiger partial charge in [0.25, 0.3) is 0 Å². The van der Waals surface area contributed by atoms with Gasteiger partial charge in [-0.1, -0.05) is 24.2 Å². The molecule has 1 aromatic carbocycles. The van der Waals surface area contributed by atoms with E-state index >= 15 is 0 Å². The van der Waals surface area contributed by atoms with Gasteiger partial charge in [-0.3, -0.25) is 0 Å². The summed E-state index contributed by atoms with van der Waals surface area (Å²) in [5, 5.41) is 3.97. The van der Waals surface area contributed by atoms with Crippen LogP contribution in [0.5, 0.6) is 0 Å². The van der Waals surface area contributed by atoms with Crippen molar-refractivity contribution in [3.05, 3.63) is 29.7 Å². The molecule has 0 spiro atoms. The van der Waals surface area contributed by atoms with Crippen LogP contribution in [0.25, 0.3) is 11.4 Å². The van der Waals surface area contributed by atoms with Crippen LogP contribution in [-0.4, -0.2) is 10.1 Å². The third-order valence-corrected chi connectivity index (χ3v) is 2.55. The minimum Gasteiger partial charge on any atom is -0.398 e. The van der Waals surface area contributed by atoms with Gasteiger partial charge in [-0.15, -0.1) is 0 Å². The van der Waals surface area contributed by atoms with Crippen LogP contribution in [0.15, 0.2) is 22.7 Å². The van der Waals surface area contributed by atoms with Crippen LogP contribution in [-0.2, 0) is 6.42 Å². The predicted molar refractivity (Wildman–Crippen MR) is 62.9 cm³/mol. The maximum absolute atomic E-state index is 5.84. The van der Waals surface area contributed by atoms with Gasteiger partial charge in [-0.2, -0.15) is 4.98 Å². The molecule has 0 amide bonds. The molecule has 1 heterocycles. The van der Waals surface area contributed by atoms with E-state index in [2.05, 4.69) is 17.1 Å². The minimum absolute atomic E-state index is 0.619. The van der Waals surface area contributed by atoms with Crippen molar-refractivity contribution >= 4 is 5.69 Å². The minimum atomic E-state index is 0.619. The molecule has 16 heavy (non-hydrogen) atoms. The lowest BCUT2D eigenvalue weighted by atomic mass is 10.1. The molecule has 4 nitrogen and oxygen atoms in total. The van der Waals surface area contributed by atoms with Crippen molar-refractivity contribution in [2.45, 2.75) is 26.7 Å². The fourth-order valence-corrected chi connectivity index (χ4v) is 1.58. The molecular formula is C12H15N3O. The Bertz CT molecular complexity index is 491. The zero-order valence-corrected chi connectivity index (χ0v) is 9.53. The topological polar surface area (TPSA) is 64.9 Å². The third kappa shape index (κ3) is 1.91. The van der Waals surface area contributed by atoms with Crippen LogP contribution >= 0.6 is 0 Å². The summed E-state index contributed by atoms with van der Waals surface area (Å²) < 4.78 is 5.15. The molecule has 0 saturated heterocycles. The molecule has 0 atom stereocenters. The number of nitrogen functional groups attached to an aromatic ring is 1. The zero-order valence-electron chi connectivity index (χ0n) is 9.53. The summed E-state index contributed by atoms with van der Waals surface area (Å²) >= 11 is 0. The first-order chi connectivity index (χ1) is 7.72. The largest absolute Gasteiger partial charge is 0.398 e. The van der Waals surface area contributed by atoms with Crippen molar-refractivity contribution in [3.63, 3.8) is 0 Å². The molecule has 0 fully saturated rings. The first-order valence-corrected chi connectivity index (χ1v) is 5.40. The SMILES string of the molecule is CCCc1nc(-c2cccc(N)c2C)no1. The zero-order chi connectivity index (χ0) is 11.5. The second-order valence-electron chi connectivity index (χ2n) is 3.78. The van der Waals surface area contributed by atoms with E-state index in [-0.39, 0.29) is 0 Å². The van der Waals surface area contributed by atoms with Crippen molar-refractivity contribution in [2.24, 2.45) is 0 Å². The average molecular weight is 217 g/mol. The number of hydrogen-bond acceptors (Lipinski definition) is 4. The first-order valence-electron chi connectivity index (χ1n) is 5.40. The van der Waals surface area contributed by atoms with E-state index in [1.807, 2.05) is 25.1 Å². The number of aromatic nitrogens is 2. The number of hydrogen-bond donors (Lipinski definition) is 1. The van der Waals surface area contributed by atoms with Gasteiger partial charge in [0.2, 0.25) is 11.7 Å². The Morgan fingerprint density at radius 3 is 2.94 bits per heavy atom. The number of rotatable bonds is 3. The van der Waals surface area contributed by atoms with Crippen LogP contribution in [0.2, 0.25) is 0 Å². The van der Waals surface area contributed by atoms with Crippen LogP contribution in [0.3, 0.4) is 0 Å². The summed E-state index contributed by atoms with van der Waals surface area (Å²) in [5.41, 5.74) is 8.51. The van der Waals surface area contributed by atoms with Crippen molar-refractivity contribution in [1.29, 1.82) is 0 Å². The van der Waals surface area contributed by atoms with Gasteiger partial charge in [-0.25, -0.2) is 0 Å². The smallest absolute Gasteiger partial charge is 0.226 e. The molecule has 0 aliphatic rings. The highest BCUT2D eigenvalue weighted by molar-refractivity contribution is 5.67. The summed E-state index contributed by atoms with van der Waals surface area (Å²) in [4.78, 5) is 4.34. The number of aryl methyl sites for hydroxylation is 1. The average Bonchev–Trinajstić information content (AvgIpc) is 2.71. The van der Waals surface area contributed by atoms with Crippen LogP contribution < -0.4 is 5.73 Å². The molecule has 0 unspecified atom stereocenters. The first kappa shape index (κ1) is 10.7. The Labute approximate surface area is 94.5 Å². The highest BCUT2D eigenvalue weighted by Crippen LogP contribution is 2.24. The van der Waals surface area contributed by atoms with Crippen molar-refractivity contribution in [3.8, 4) is 11.4 Å². The highest BCUT2D eigenvalue weighted by atomic mass is 16.5. The van der Waals surface area contributed by atoms with E-state index in [1.165, 1.54) is 0 Å². The van der Waals surface area contributed by atoms with Crippen LogP contribution in [0, 0.1) is 6.92 Å². The molecule has 0 radical (unpaired) electrons. The molecule has 0 aliphatic carbocycles. The lowest BCUT2D eigenvalue weighted by Crippen LogP contribution is -1.93. The van der Waals surface area contributed by atoms with Crippen LogP contribution in [0.1, 0.15) is 24.8 Å². The van der Waals surface area contributed by atoms with Gasteiger partial charge in [0.15, 0.2) is 0 Å². The fourth-order valence-electron chi connectivity index (χ4n) is 1.58. The molecule has 0 saturated carbocycles. The predicted octanol–water partition coefficient (Wildman–Crippen LogP) is 2.58. The molecule has 1 aromatic heterocycles. The normalized spacial score (nSPS) is 10.6. The van der Waals surface area contributed by atoms with Crippen molar-refractivity contribution in [1.82, 2.24) is 10.1 Å². The summed E-state index contributed by atoms with van der Waals surface area (Å²) in [6.07, 6.45) is 1.81. The lowest BCUT2D eigenvalue weighted by molar-refractivity contribution is 0.378. The Morgan fingerprint density at radius 1 is 1.38 bits per heavy atom. The lowest BCUT2D eigenvalue weighted by Gasteiger charge is -2.03. The van der Waals surface area contributed by atoms with Gasteiger partial charge in [-0.05, 0) is 25.0 Å². The quantitative estimate of drug-likeness (QED) is 0.802. The summed E-state index contributed by atoms with van der Waals surface area (Å²) in [6, 6.07) is 5.71. The van der Waals surface area contributed by atoms with E-state index in [0.717, 1.165) is 29.7 Å². The molecule has 2 N–H and O–H groups in total. The summed E-state index contributed by atoms with van der Waals surface area (Å²) in [6.45, 7) is 4.04. The van der Waals surface area contributed by atoms with Crippen molar-refractivity contribution < 1.29 is 4.52 Å². The molecule has 0 bridgehead atoms. The van der Waals surface area contributed by atoms with E-state index in [4.69, 9.17) is 10.3 Å². The number of anilines is 1. The van der Waals surface area contributed by atoms with Gasteiger partial charge in [0.05, 0.1) is 0 Å². The van der Waals surface area contributed by atoms with E-state index < -0.39 is 0 Å². The summed E-state index contributed by atoms with van der Waals surface area (Å²) in [5.74, 6) is 1.30. The van der Waals surface area contributed by atoms with Gasteiger partial charge in [0, 0.05) is 17.7 Å². The monoisotopic (exact) mass is 217 g/mol. The molecule has 0 aliphatic heterocycles. The molecule has 84 valence electrons. The highest BCUT2D eigenvalue weighted by Gasteiger charge is 2.11. The Hall–Kier alpha value is -1.84. The number of nitrogens with two attached hydrogens (primary N) is 1. The van der Waals surface area contributed by atoms with Crippen LogP contribution in [0.4, 0.5) is 5.69 Å². The standard InChI is InChI=1S/C12H15N3O/c1-3-5-11-14-12(15-16-11)9-6-4-7-10(13)8(9)2/h4,6-7H,3,5,13H2,1-2H3. The molecule has 4 heteroatoms. The fraction of sp³-hybridized carbons (Fsp3) is 0.333. The van der Waals surface area contributed by atoms with Gasteiger partial charge >= 0.3 is 0 Å². The van der Waals surface area contributed by atoms with E-state index in [9.17, 15) is 0 Å². The Morgan fingerprint density at radius 2 is 2.19 bits per heavy atom. The van der Waals surface area contributed by atoms with E-state index in [0.29, 0.717) is 11.7 Å². The number of nitrogens with zero attached hydrogens (tertiary/aromatic N) is 2. The second-order valence-corrected chi connectivity index (χ2v) is 3.78. The Balaban J connectivity index is 2.39. The number of benzene rings is 1.